The number of benzene rings is 2. The van der Waals surface area contributed by atoms with Gasteiger partial charge in [-0.1, -0.05) is 42.5 Å². The van der Waals surface area contributed by atoms with Gasteiger partial charge < -0.3 is 14.6 Å². The fourth-order valence-electron chi connectivity index (χ4n) is 2.64. The quantitative estimate of drug-likeness (QED) is 0.786. The molecule has 0 radical (unpaired) electrons. The molecule has 1 unspecified atom stereocenters. The lowest BCUT2D eigenvalue weighted by molar-refractivity contribution is 0.0938. The maximum absolute atomic E-state index is 12.8. The molecule has 0 spiro atoms. The molecule has 0 aliphatic heterocycles. The molecule has 0 saturated carbocycles. The zero-order chi connectivity index (χ0) is 16.9. The summed E-state index contributed by atoms with van der Waals surface area (Å²) in [5, 5.41) is 3.07. The average molecular weight is 321 g/mol. The summed E-state index contributed by atoms with van der Waals surface area (Å²) in [6.45, 7) is 0. The molecule has 1 N–H and O–H groups in total. The molecule has 0 bridgehead atoms. The van der Waals surface area contributed by atoms with Crippen LogP contribution >= 0.6 is 0 Å². The van der Waals surface area contributed by atoms with E-state index in [0.717, 1.165) is 11.4 Å². The lowest BCUT2D eigenvalue weighted by Gasteiger charge is -2.20. The van der Waals surface area contributed by atoms with E-state index in [4.69, 9.17) is 4.74 Å². The van der Waals surface area contributed by atoms with Crippen LogP contribution < -0.4 is 10.1 Å². The molecule has 3 rings (SSSR count). The number of methoxy groups -OCH3 is 1. The molecule has 0 aliphatic rings. The molecule has 5 nitrogen and oxygen atoms in total. The summed E-state index contributed by atoms with van der Waals surface area (Å²) in [5.74, 6) is 1.11. The first-order valence-electron chi connectivity index (χ1n) is 7.66. The minimum atomic E-state index is -0.344. The number of carbonyl (C=O) groups is 1. The van der Waals surface area contributed by atoms with Crippen molar-refractivity contribution in [3.63, 3.8) is 0 Å². The number of para-hydroxylation sites is 1. The molecule has 1 atom stereocenters. The van der Waals surface area contributed by atoms with Crippen LogP contribution in [0.1, 0.15) is 27.8 Å². The first kappa shape index (κ1) is 15.8. The Morgan fingerprint density at radius 1 is 1.12 bits per heavy atom. The van der Waals surface area contributed by atoms with Crippen LogP contribution in [0.3, 0.4) is 0 Å². The van der Waals surface area contributed by atoms with Gasteiger partial charge in [0, 0.05) is 19.4 Å². The smallest absolute Gasteiger partial charge is 0.255 e. The van der Waals surface area contributed by atoms with Crippen molar-refractivity contribution < 1.29 is 9.53 Å². The fourth-order valence-corrected chi connectivity index (χ4v) is 2.64. The van der Waals surface area contributed by atoms with Crippen LogP contribution in [0.25, 0.3) is 0 Å². The van der Waals surface area contributed by atoms with Crippen molar-refractivity contribution in [1.29, 1.82) is 0 Å². The lowest BCUT2D eigenvalue weighted by atomic mass is 10.1. The topological polar surface area (TPSA) is 56.1 Å². The van der Waals surface area contributed by atoms with Gasteiger partial charge in [-0.15, -0.1) is 0 Å². The van der Waals surface area contributed by atoms with Crippen molar-refractivity contribution >= 4 is 5.91 Å². The highest BCUT2D eigenvalue weighted by Crippen LogP contribution is 2.23. The van der Waals surface area contributed by atoms with E-state index in [1.165, 1.54) is 0 Å². The predicted molar refractivity (Wildman–Crippen MR) is 92.0 cm³/mol. The number of nitrogens with zero attached hydrogens (tertiary/aromatic N) is 2. The summed E-state index contributed by atoms with van der Waals surface area (Å²) < 4.78 is 7.19. The van der Waals surface area contributed by atoms with E-state index >= 15 is 0 Å². The highest BCUT2D eigenvalue weighted by Gasteiger charge is 2.22. The number of nitrogens with one attached hydrogen (secondary N) is 1. The molecule has 3 aromatic rings. The molecule has 1 amide bonds. The maximum atomic E-state index is 12.8. The highest BCUT2D eigenvalue weighted by molar-refractivity contribution is 5.97. The monoisotopic (exact) mass is 321 g/mol. The number of hydrogen-bond donors (Lipinski definition) is 1. The van der Waals surface area contributed by atoms with Gasteiger partial charge in [0.2, 0.25) is 0 Å². The van der Waals surface area contributed by atoms with E-state index in [0.29, 0.717) is 11.3 Å². The van der Waals surface area contributed by atoms with E-state index in [1.807, 2.05) is 60.3 Å². The van der Waals surface area contributed by atoms with Crippen LogP contribution in [0.15, 0.2) is 67.0 Å². The third kappa shape index (κ3) is 3.15. The summed E-state index contributed by atoms with van der Waals surface area (Å²) in [7, 11) is 3.47. The third-order valence-corrected chi connectivity index (χ3v) is 3.88. The van der Waals surface area contributed by atoms with Crippen molar-refractivity contribution in [1.82, 2.24) is 14.9 Å². The summed E-state index contributed by atoms with van der Waals surface area (Å²) in [4.78, 5) is 17.2. The normalized spacial score (nSPS) is 11.8. The van der Waals surface area contributed by atoms with E-state index < -0.39 is 0 Å². The van der Waals surface area contributed by atoms with Crippen molar-refractivity contribution in [3.8, 4) is 5.75 Å². The zero-order valence-corrected chi connectivity index (χ0v) is 13.6. The summed E-state index contributed by atoms with van der Waals surface area (Å²) in [5.41, 5.74) is 1.46. The van der Waals surface area contributed by atoms with Gasteiger partial charge in [-0.3, -0.25) is 4.79 Å². The van der Waals surface area contributed by atoms with Crippen LogP contribution in [0.2, 0.25) is 0 Å². The van der Waals surface area contributed by atoms with Gasteiger partial charge in [0.1, 0.15) is 17.6 Å². The second-order valence-electron chi connectivity index (χ2n) is 5.41. The number of ether oxygens (including phenoxy) is 1. The number of aryl methyl sites for hydroxylation is 1. The standard InChI is InChI=1S/C19H19N3O2/c1-22-13-12-20-18(22)17(14-8-4-3-5-9-14)21-19(23)15-10-6-7-11-16(15)24-2/h3-13,17H,1-2H3,(H,21,23). The SMILES string of the molecule is COc1ccccc1C(=O)NC(c1ccccc1)c1nccn1C. The number of rotatable bonds is 5. The second kappa shape index (κ2) is 7.00. The molecule has 0 saturated heterocycles. The average Bonchev–Trinajstić information content (AvgIpc) is 3.06. The van der Waals surface area contributed by atoms with Gasteiger partial charge in [-0.2, -0.15) is 0 Å². The Morgan fingerprint density at radius 3 is 2.50 bits per heavy atom. The molecule has 122 valence electrons. The Hall–Kier alpha value is -3.08. The zero-order valence-electron chi connectivity index (χ0n) is 13.6. The number of imidazole rings is 1. The number of carbonyl (C=O) groups excluding carboxylic acids is 1. The number of hydrogen-bond acceptors (Lipinski definition) is 3. The molecular formula is C19H19N3O2. The van der Waals surface area contributed by atoms with Gasteiger partial charge >= 0.3 is 0 Å². The molecular weight excluding hydrogens is 302 g/mol. The first-order valence-corrected chi connectivity index (χ1v) is 7.66. The second-order valence-corrected chi connectivity index (χ2v) is 5.41. The fraction of sp³-hybridized carbons (Fsp3) is 0.158. The van der Waals surface area contributed by atoms with Gasteiger partial charge in [0.25, 0.3) is 5.91 Å². The maximum Gasteiger partial charge on any atom is 0.255 e. The first-order chi connectivity index (χ1) is 11.7. The van der Waals surface area contributed by atoms with Crippen LogP contribution in [0, 0.1) is 0 Å². The predicted octanol–water partition coefficient (Wildman–Crippen LogP) is 2.95. The Labute approximate surface area is 140 Å². The molecule has 24 heavy (non-hydrogen) atoms. The molecule has 0 fully saturated rings. The molecule has 1 aromatic heterocycles. The van der Waals surface area contributed by atoms with Gasteiger partial charge in [0.05, 0.1) is 12.7 Å². The Balaban J connectivity index is 1.96. The summed E-state index contributed by atoms with van der Waals surface area (Å²) in [6.07, 6.45) is 3.58. The van der Waals surface area contributed by atoms with Gasteiger partial charge in [-0.25, -0.2) is 4.98 Å². The van der Waals surface area contributed by atoms with Gasteiger partial charge in [0.15, 0.2) is 0 Å². The number of amides is 1. The Morgan fingerprint density at radius 2 is 1.83 bits per heavy atom. The van der Waals surface area contributed by atoms with Crippen LogP contribution in [0.5, 0.6) is 5.75 Å². The lowest BCUT2D eigenvalue weighted by Crippen LogP contribution is -2.31. The molecule has 5 heteroatoms. The van der Waals surface area contributed by atoms with Crippen LogP contribution in [-0.4, -0.2) is 22.6 Å². The van der Waals surface area contributed by atoms with E-state index in [-0.39, 0.29) is 11.9 Å². The minimum Gasteiger partial charge on any atom is -0.496 e. The number of aromatic nitrogens is 2. The Bertz CT molecular complexity index is 827. The van der Waals surface area contributed by atoms with E-state index in [2.05, 4.69) is 10.3 Å². The van der Waals surface area contributed by atoms with E-state index in [1.54, 1.807) is 25.4 Å². The minimum absolute atomic E-state index is 0.204. The van der Waals surface area contributed by atoms with Crippen LogP contribution in [-0.2, 0) is 7.05 Å². The van der Waals surface area contributed by atoms with Gasteiger partial charge in [-0.05, 0) is 17.7 Å². The third-order valence-electron chi connectivity index (χ3n) is 3.88. The van der Waals surface area contributed by atoms with Crippen molar-refractivity contribution in [2.45, 2.75) is 6.04 Å². The molecule has 2 aromatic carbocycles. The van der Waals surface area contributed by atoms with E-state index in [9.17, 15) is 4.79 Å². The van der Waals surface area contributed by atoms with Crippen molar-refractivity contribution in [3.05, 3.63) is 83.9 Å². The van der Waals surface area contributed by atoms with Crippen molar-refractivity contribution in [2.75, 3.05) is 7.11 Å². The summed E-state index contributed by atoms with van der Waals surface area (Å²) in [6, 6.07) is 16.6. The van der Waals surface area contributed by atoms with Crippen LogP contribution in [0.4, 0.5) is 0 Å². The molecule has 1 heterocycles. The van der Waals surface area contributed by atoms with Crippen molar-refractivity contribution in [2.24, 2.45) is 7.05 Å². The summed E-state index contributed by atoms with van der Waals surface area (Å²) >= 11 is 0. The molecule has 0 aliphatic carbocycles. The highest BCUT2D eigenvalue weighted by atomic mass is 16.5. The largest absolute Gasteiger partial charge is 0.496 e. The Kier molecular flexibility index (Phi) is 4.61.